The molecule has 1 unspecified atom stereocenters. The lowest BCUT2D eigenvalue weighted by molar-refractivity contribution is -0.315. The number of rotatable bonds is 10. The van der Waals surface area contributed by atoms with E-state index in [1.54, 1.807) is 0 Å². The van der Waals surface area contributed by atoms with Crippen LogP contribution in [0.2, 0.25) is 0 Å². The Bertz CT molecular complexity index is 401. The zero-order chi connectivity index (χ0) is 19.4. The van der Waals surface area contributed by atoms with Gasteiger partial charge in [-0.15, -0.1) is 0 Å². The van der Waals surface area contributed by atoms with Crippen LogP contribution < -0.4 is 0 Å². The van der Waals surface area contributed by atoms with Gasteiger partial charge in [-0.1, -0.05) is 19.8 Å². The number of ether oxygens (including phenoxy) is 1. The van der Waals surface area contributed by atoms with Crippen molar-refractivity contribution in [1.29, 1.82) is 0 Å². The minimum atomic E-state index is -2.61. The Morgan fingerprint density at radius 2 is 1.46 bits per heavy atom. The molecule has 0 saturated carbocycles. The van der Waals surface area contributed by atoms with Gasteiger partial charge in [-0.25, -0.2) is 4.79 Å². The molecule has 142 valence electrons. The van der Waals surface area contributed by atoms with E-state index in [1.165, 1.54) is 6.92 Å². The van der Waals surface area contributed by atoms with Gasteiger partial charge in [-0.2, -0.15) is 0 Å². The minimum absolute atomic E-state index is 0.0294. The lowest BCUT2D eigenvalue weighted by atomic mass is 9.96. The monoisotopic (exact) mass is 354 g/mol. The molecule has 10 nitrogen and oxygen atoms in total. The molecular formula is C14H26O10. The summed E-state index contributed by atoms with van der Waals surface area (Å²) in [5, 5.41) is 51.4. The summed E-state index contributed by atoms with van der Waals surface area (Å²) in [4.78, 5) is 31.8. The van der Waals surface area contributed by atoms with Crippen molar-refractivity contribution < 1.29 is 49.8 Å². The van der Waals surface area contributed by atoms with Gasteiger partial charge in [0.2, 0.25) is 0 Å². The Labute approximate surface area is 139 Å². The van der Waals surface area contributed by atoms with Crippen LogP contribution in [0.3, 0.4) is 0 Å². The lowest BCUT2D eigenvalue weighted by Crippen LogP contribution is -2.43. The largest absolute Gasteiger partial charge is 0.481 e. The maximum absolute atomic E-state index is 10.9. The highest BCUT2D eigenvalue weighted by Gasteiger charge is 2.41. The molecular weight excluding hydrogens is 328 g/mol. The van der Waals surface area contributed by atoms with E-state index in [9.17, 15) is 19.5 Å². The highest BCUT2D eigenvalue weighted by molar-refractivity contribution is 5.88. The number of hydrogen-bond donors (Lipinski definition) is 6. The molecule has 24 heavy (non-hydrogen) atoms. The number of aliphatic carboxylic acids is 2. The zero-order valence-corrected chi connectivity index (χ0v) is 13.8. The molecule has 0 aromatic heterocycles. The van der Waals surface area contributed by atoms with E-state index in [0.29, 0.717) is 6.42 Å². The molecule has 0 aromatic carbocycles. The lowest BCUT2D eigenvalue weighted by Gasteiger charge is -2.19. The average Bonchev–Trinajstić information content (AvgIpc) is 2.37. The summed E-state index contributed by atoms with van der Waals surface area (Å²) < 4.78 is 4.41. The van der Waals surface area contributed by atoms with Crippen LogP contribution in [0.1, 0.15) is 52.4 Å². The van der Waals surface area contributed by atoms with E-state index in [0.717, 1.165) is 12.8 Å². The molecule has 10 heteroatoms. The molecule has 0 aliphatic rings. The number of aliphatic hydroxyl groups is 4. The van der Waals surface area contributed by atoms with Gasteiger partial charge in [0.25, 0.3) is 5.97 Å². The summed E-state index contributed by atoms with van der Waals surface area (Å²) in [5.41, 5.74) is -2.61. The molecule has 0 saturated heterocycles. The van der Waals surface area contributed by atoms with E-state index >= 15 is 0 Å². The second-order valence-electron chi connectivity index (χ2n) is 5.12. The Hall–Kier alpha value is -1.75. The molecule has 0 rings (SSSR count). The molecule has 0 radical (unpaired) electrons. The zero-order valence-electron chi connectivity index (χ0n) is 13.8. The second-order valence-corrected chi connectivity index (χ2v) is 5.12. The number of hydrogen-bond acceptors (Lipinski definition) is 8. The normalized spacial score (nSPS) is 13.2. The minimum Gasteiger partial charge on any atom is -0.481 e. The van der Waals surface area contributed by atoms with Crippen molar-refractivity contribution >= 4 is 17.9 Å². The summed E-state index contributed by atoms with van der Waals surface area (Å²) >= 11 is 0. The quantitative estimate of drug-likeness (QED) is 0.169. The van der Waals surface area contributed by atoms with Crippen LogP contribution in [-0.2, 0) is 19.1 Å². The van der Waals surface area contributed by atoms with E-state index < -0.39 is 42.3 Å². The highest BCUT2D eigenvalue weighted by atomic mass is 16.7. The summed E-state index contributed by atoms with van der Waals surface area (Å²) in [5.74, 6) is -6.68. The van der Waals surface area contributed by atoms with Crippen LogP contribution in [0.15, 0.2) is 0 Å². The fourth-order valence-corrected chi connectivity index (χ4v) is 1.53. The highest BCUT2D eigenvalue weighted by Crippen LogP contribution is 2.16. The van der Waals surface area contributed by atoms with Crippen LogP contribution in [0.25, 0.3) is 0 Å². The number of carboxylic acids is 2. The average molecular weight is 354 g/mol. The molecule has 0 fully saturated rings. The van der Waals surface area contributed by atoms with E-state index in [-0.39, 0.29) is 13.0 Å². The molecule has 0 aromatic rings. The summed E-state index contributed by atoms with van der Waals surface area (Å²) in [7, 11) is 0. The number of carboxylic acid groups (broad SMARTS) is 2. The third-order valence-corrected chi connectivity index (χ3v) is 2.70. The van der Waals surface area contributed by atoms with Gasteiger partial charge >= 0.3 is 17.9 Å². The van der Waals surface area contributed by atoms with Gasteiger partial charge in [0, 0.05) is 6.42 Å². The van der Waals surface area contributed by atoms with Crippen molar-refractivity contribution in [2.75, 3.05) is 6.61 Å². The first-order valence-electron chi connectivity index (χ1n) is 7.38. The molecule has 0 bridgehead atoms. The van der Waals surface area contributed by atoms with Crippen molar-refractivity contribution in [3.05, 3.63) is 0 Å². The number of carbonyl (C=O) groups is 3. The predicted octanol–water partition coefficient (Wildman–Crippen LogP) is -0.573. The molecule has 6 N–H and O–H groups in total. The van der Waals surface area contributed by atoms with Crippen LogP contribution >= 0.6 is 0 Å². The first-order valence-corrected chi connectivity index (χ1v) is 7.38. The van der Waals surface area contributed by atoms with E-state index in [1.807, 2.05) is 6.92 Å². The van der Waals surface area contributed by atoms with Crippen LogP contribution in [0.4, 0.5) is 0 Å². The van der Waals surface area contributed by atoms with Crippen molar-refractivity contribution in [2.24, 2.45) is 0 Å². The Morgan fingerprint density at radius 3 is 1.79 bits per heavy atom. The summed E-state index contributed by atoms with van der Waals surface area (Å²) in [6, 6.07) is 0. The molecule has 0 amide bonds. The topological polar surface area (TPSA) is 182 Å². The van der Waals surface area contributed by atoms with Crippen molar-refractivity contribution in [1.82, 2.24) is 0 Å². The second kappa shape index (κ2) is 11.7. The van der Waals surface area contributed by atoms with Gasteiger partial charge in [-0.05, 0) is 13.3 Å². The fraction of sp³-hybridized carbons (Fsp3) is 0.786. The fourth-order valence-electron chi connectivity index (χ4n) is 1.53. The summed E-state index contributed by atoms with van der Waals surface area (Å²) in [6.07, 6.45) is 0.684. The maximum Gasteiger partial charge on any atom is 0.336 e. The van der Waals surface area contributed by atoms with Crippen LogP contribution in [0, 0.1) is 0 Å². The Balaban J connectivity index is 0. The van der Waals surface area contributed by atoms with Crippen molar-refractivity contribution in [3.8, 4) is 0 Å². The van der Waals surface area contributed by atoms with E-state index in [2.05, 4.69) is 4.74 Å². The van der Waals surface area contributed by atoms with Gasteiger partial charge in [0.1, 0.15) is 0 Å². The number of carbonyl (C=O) groups excluding carboxylic acids is 1. The van der Waals surface area contributed by atoms with Gasteiger partial charge < -0.3 is 35.4 Å². The number of esters is 1. The summed E-state index contributed by atoms with van der Waals surface area (Å²) in [6.45, 7) is 3.55. The standard InChI is InChI=1S/C8H12O7.C6H14O3/c1-2-15-6(11)4-8(14,7(12)13)3-5(9)10;1-2-3-4-5-6(7,8)9/h14H,2-4H2,1H3,(H,9,10)(H,12,13);7-9H,2-5H2,1H3. The van der Waals surface area contributed by atoms with Crippen LogP contribution in [-0.4, -0.2) is 66.7 Å². The maximum atomic E-state index is 10.9. The SMILES string of the molecule is CCCCCC(O)(O)O.CCOC(=O)CC(O)(CC(=O)O)C(=O)O. The predicted molar refractivity (Wildman–Crippen MR) is 79.6 cm³/mol. The van der Waals surface area contributed by atoms with E-state index in [4.69, 9.17) is 25.5 Å². The Morgan fingerprint density at radius 1 is 0.917 bits per heavy atom. The third-order valence-electron chi connectivity index (χ3n) is 2.70. The molecule has 0 heterocycles. The molecule has 0 aliphatic carbocycles. The number of unbranched alkanes of at least 4 members (excludes halogenated alkanes) is 2. The Kier molecular flexibility index (Phi) is 12.0. The van der Waals surface area contributed by atoms with Crippen molar-refractivity contribution in [2.45, 2.75) is 63.9 Å². The van der Waals surface area contributed by atoms with Crippen molar-refractivity contribution in [3.63, 3.8) is 0 Å². The molecule has 1 atom stereocenters. The van der Waals surface area contributed by atoms with Gasteiger partial charge in [-0.3, -0.25) is 9.59 Å². The third kappa shape index (κ3) is 13.9. The van der Waals surface area contributed by atoms with Gasteiger partial charge in [0.05, 0.1) is 19.4 Å². The smallest absolute Gasteiger partial charge is 0.336 e. The molecule has 0 aliphatic heterocycles. The van der Waals surface area contributed by atoms with Gasteiger partial charge in [0.15, 0.2) is 5.60 Å². The van der Waals surface area contributed by atoms with Crippen LogP contribution in [0.5, 0.6) is 0 Å². The first-order chi connectivity index (χ1) is 10.9. The molecule has 0 spiro atoms. The first kappa shape index (κ1) is 24.5.